The monoisotopic (exact) mass is 390 g/mol. The fourth-order valence-electron chi connectivity index (χ4n) is 3.64. The van der Waals surface area contributed by atoms with Crippen molar-refractivity contribution in [3.63, 3.8) is 0 Å². The van der Waals surface area contributed by atoms with E-state index in [2.05, 4.69) is 67.6 Å². The van der Waals surface area contributed by atoms with E-state index in [4.69, 9.17) is 18.9 Å². The van der Waals surface area contributed by atoms with Crippen molar-refractivity contribution in [3.8, 4) is 11.5 Å². The standard InChI is InChI=1S/C25H26O4/c1-17-12-22(27-14-24-16-29-24)10-11-25(17)20-4-2-18(3-5-20)19-6-8-21(9-7-19)26-13-23-15-28-23/h2,4-12,18,23-24H,3,13-16H2,1H3. The summed E-state index contributed by atoms with van der Waals surface area (Å²) >= 11 is 0. The Morgan fingerprint density at radius 3 is 2.14 bits per heavy atom. The van der Waals surface area contributed by atoms with Gasteiger partial charge in [-0.3, -0.25) is 0 Å². The SMILES string of the molecule is Cc1cc(OCC2CO2)ccc1C1=CCC(c2ccc(OCC3CO3)cc2)C=C1. The van der Waals surface area contributed by atoms with E-state index < -0.39 is 0 Å². The Morgan fingerprint density at radius 1 is 0.897 bits per heavy atom. The second kappa shape index (κ2) is 8.05. The van der Waals surface area contributed by atoms with Crippen LogP contribution in [0.1, 0.15) is 29.0 Å². The van der Waals surface area contributed by atoms with E-state index in [1.165, 1.54) is 22.3 Å². The minimum atomic E-state index is 0.281. The van der Waals surface area contributed by atoms with Crippen LogP contribution in [0.3, 0.4) is 0 Å². The molecule has 150 valence electrons. The highest BCUT2D eigenvalue weighted by Gasteiger charge is 2.24. The van der Waals surface area contributed by atoms with Gasteiger partial charge in [-0.05, 0) is 59.9 Å². The van der Waals surface area contributed by atoms with Crippen LogP contribution in [0.15, 0.2) is 60.7 Å². The number of hydrogen-bond donors (Lipinski definition) is 0. The zero-order valence-corrected chi connectivity index (χ0v) is 16.7. The van der Waals surface area contributed by atoms with Crippen molar-refractivity contribution in [1.29, 1.82) is 0 Å². The van der Waals surface area contributed by atoms with Gasteiger partial charge in [-0.25, -0.2) is 0 Å². The Labute approximate surface area is 171 Å². The molecule has 2 aromatic rings. The Hall–Kier alpha value is -2.56. The van der Waals surface area contributed by atoms with Crippen LogP contribution in [-0.4, -0.2) is 38.6 Å². The molecule has 4 nitrogen and oxygen atoms in total. The predicted octanol–water partition coefficient (Wildman–Crippen LogP) is 4.68. The van der Waals surface area contributed by atoms with Gasteiger partial charge in [0, 0.05) is 5.92 Å². The van der Waals surface area contributed by atoms with Gasteiger partial charge in [0.1, 0.15) is 36.9 Å². The van der Waals surface area contributed by atoms with E-state index in [-0.39, 0.29) is 12.2 Å². The second-order valence-electron chi connectivity index (χ2n) is 7.94. The maximum atomic E-state index is 5.79. The van der Waals surface area contributed by atoms with Crippen molar-refractivity contribution in [3.05, 3.63) is 77.4 Å². The smallest absolute Gasteiger partial charge is 0.119 e. The maximum absolute atomic E-state index is 5.79. The van der Waals surface area contributed by atoms with Crippen LogP contribution in [0.4, 0.5) is 0 Å². The van der Waals surface area contributed by atoms with Crippen LogP contribution in [0, 0.1) is 6.92 Å². The summed E-state index contributed by atoms with van der Waals surface area (Å²) in [7, 11) is 0. The lowest BCUT2D eigenvalue weighted by Crippen LogP contribution is -2.05. The number of allylic oxidation sites excluding steroid dienone is 4. The van der Waals surface area contributed by atoms with Gasteiger partial charge in [-0.15, -0.1) is 0 Å². The lowest BCUT2D eigenvalue weighted by atomic mass is 9.87. The average Bonchev–Trinajstić information content (AvgIpc) is 3.67. The first kappa shape index (κ1) is 18.5. The summed E-state index contributed by atoms with van der Waals surface area (Å²) in [5.74, 6) is 2.23. The van der Waals surface area contributed by atoms with Gasteiger partial charge in [0.2, 0.25) is 0 Å². The highest BCUT2D eigenvalue weighted by Crippen LogP contribution is 2.33. The minimum Gasteiger partial charge on any atom is -0.491 e. The number of hydrogen-bond acceptors (Lipinski definition) is 4. The van der Waals surface area contributed by atoms with Gasteiger partial charge >= 0.3 is 0 Å². The molecule has 0 bridgehead atoms. The molecule has 5 rings (SSSR count). The van der Waals surface area contributed by atoms with Crippen molar-refractivity contribution in [2.24, 2.45) is 0 Å². The zero-order valence-electron chi connectivity index (χ0n) is 16.7. The largest absolute Gasteiger partial charge is 0.491 e. The molecule has 1 aliphatic carbocycles. The highest BCUT2D eigenvalue weighted by atomic mass is 16.6. The molecule has 0 radical (unpaired) electrons. The molecule has 2 saturated heterocycles. The van der Waals surface area contributed by atoms with E-state index in [0.717, 1.165) is 31.1 Å². The number of rotatable bonds is 8. The Morgan fingerprint density at radius 2 is 1.55 bits per heavy atom. The fourth-order valence-corrected chi connectivity index (χ4v) is 3.64. The van der Waals surface area contributed by atoms with Gasteiger partial charge in [-0.2, -0.15) is 0 Å². The molecule has 2 heterocycles. The van der Waals surface area contributed by atoms with E-state index in [1.807, 2.05) is 0 Å². The predicted molar refractivity (Wildman–Crippen MR) is 113 cm³/mol. The first-order valence-corrected chi connectivity index (χ1v) is 10.3. The van der Waals surface area contributed by atoms with Gasteiger partial charge in [0.15, 0.2) is 0 Å². The first-order chi connectivity index (χ1) is 14.2. The lowest BCUT2D eigenvalue weighted by molar-refractivity contribution is 0.263. The first-order valence-electron chi connectivity index (χ1n) is 10.3. The normalized spacial score (nSPS) is 24.7. The lowest BCUT2D eigenvalue weighted by Gasteiger charge is -2.18. The molecule has 0 spiro atoms. The molecule has 2 aromatic carbocycles. The molecular weight excluding hydrogens is 364 g/mol. The Balaban J connectivity index is 1.20. The van der Waals surface area contributed by atoms with Gasteiger partial charge in [0.25, 0.3) is 0 Å². The van der Waals surface area contributed by atoms with Gasteiger partial charge < -0.3 is 18.9 Å². The van der Waals surface area contributed by atoms with Crippen LogP contribution < -0.4 is 9.47 Å². The minimum absolute atomic E-state index is 0.281. The van der Waals surface area contributed by atoms with Gasteiger partial charge in [0.05, 0.1) is 13.2 Å². The summed E-state index contributed by atoms with van der Waals surface area (Å²) < 4.78 is 21.9. The quantitative estimate of drug-likeness (QED) is 0.614. The molecule has 29 heavy (non-hydrogen) atoms. The van der Waals surface area contributed by atoms with E-state index in [0.29, 0.717) is 19.1 Å². The van der Waals surface area contributed by atoms with Crippen LogP contribution >= 0.6 is 0 Å². The topological polar surface area (TPSA) is 43.5 Å². The van der Waals surface area contributed by atoms with Crippen LogP contribution in [0.5, 0.6) is 11.5 Å². The second-order valence-corrected chi connectivity index (χ2v) is 7.94. The Bertz CT molecular complexity index is 920. The summed E-state index contributed by atoms with van der Waals surface area (Å²) in [6.07, 6.45) is 8.44. The molecule has 0 amide bonds. The van der Waals surface area contributed by atoms with Crippen molar-refractivity contribution < 1.29 is 18.9 Å². The molecular formula is C25H26O4. The van der Waals surface area contributed by atoms with Crippen LogP contribution in [-0.2, 0) is 9.47 Å². The number of ether oxygens (including phenoxy) is 4. The number of epoxide rings is 2. The summed E-state index contributed by atoms with van der Waals surface area (Å²) in [5, 5.41) is 0. The molecule has 3 aliphatic rings. The van der Waals surface area contributed by atoms with Crippen molar-refractivity contribution >= 4 is 5.57 Å². The van der Waals surface area contributed by atoms with Crippen molar-refractivity contribution in [2.75, 3.05) is 26.4 Å². The van der Waals surface area contributed by atoms with E-state index in [9.17, 15) is 0 Å². The Kier molecular flexibility index (Phi) is 5.13. The van der Waals surface area contributed by atoms with Gasteiger partial charge in [-0.1, -0.05) is 36.4 Å². The fraction of sp³-hybridized carbons (Fsp3) is 0.360. The van der Waals surface area contributed by atoms with E-state index >= 15 is 0 Å². The molecule has 0 saturated carbocycles. The zero-order chi connectivity index (χ0) is 19.6. The molecule has 2 aliphatic heterocycles. The van der Waals surface area contributed by atoms with E-state index in [1.54, 1.807) is 0 Å². The summed E-state index contributed by atoms with van der Waals surface area (Å²) in [4.78, 5) is 0. The molecule has 2 fully saturated rings. The molecule has 0 aromatic heterocycles. The third kappa shape index (κ3) is 4.72. The summed E-state index contributed by atoms with van der Waals surface area (Å²) in [6, 6.07) is 14.8. The summed E-state index contributed by atoms with van der Waals surface area (Å²) in [6.45, 7) is 5.07. The number of benzene rings is 2. The highest BCUT2D eigenvalue weighted by molar-refractivity contribution is 5.77. The van der Waals surface area contributed by atoms with Crippen LogP contribution in [0.25, 0.3) is 5.57 Å². The molecule has 3 unspecified atom stereocenters. The van der Waals surface area contributed by atoms with Crippen LogP contribution in [0.2, 0.25) is 0 Å². The number of aryl methyl sites for hydroxylation is 1. The van der Waals surface area contributed by atoms with Crippen molar-refractivity contribution in [2.45, 2.75) is 31.5 Å². The molecule has 3 atom stereocenters. The van der Waals surface area contributed by atoms with Crippen molar-refractivity contribution in [1.82, 2.24) is 0 Å². The summed E-state index contributed by atoms with van der Waals surface area (Å²) in [5.41, 5.74) is 5.09. The maximum Gasteiger partial charge on any atom is 0.119 e. The third-order valence-electron chi connectivity index (χ3n) is 5.59. The third-order valence-corrected chi connectivity index (χ3v) is 5.59. The molecule has 0 N–H and O–H groups in total. The average molecular weight is 390 g/mol. The molecule has 4 heteroatoms.